The lowest BCUT2D eigenvalue weighted by atomic mass is 10.0. The molecule has 1 atom stereocenters. The summed E-state index contributed by atoms with van der Waals surface area (Å²) in [6.07, 6.45) is 3.05. The van der Waals surface area contributed by atoms with Gasteiger partial charge in [-0.05, 0) is 18.6 Å². The lowest BCUT2D eigenvalue weighted by Crippen LogP contribution is -2.51. The van der Waals surface area contributed by atoms with Gasteiger partial charge in [-0.1, -0.05) is 38.8 Å². The fraction of sp³-hybridized carbons (Fsp3) is 0.556. The summed E-state index contributed by atoms with van der Waals surface area (Å²) >= 11 is 0. The molecule has 2 amide bonds. The van der Waals surface area contributed by atoms with Gasteiger partial charge in [0, 0.05) is 32.1 Å². The first-order chi connectivity index (χ1) is 11.0. The Kier molecular flexibility index (Phi) is 6.13. The number of benzene rings is 1. The molecule has 23 heavy (non-hydrogen) atoms. The van der Waals surface area contributed by atoms with E-state index >= 15 is 0 Å². The van der Waals surface area contributed by atoms with Crippen LogP contribution in [0, 0.1) is 11.7 Å². The summed E-state index contributed by atoms with van der Waals surface area (Å²) in [5, 5.41) is 0. The van der Waals surface area contributed by atoms with Crippen LogP contribution in [-0.2, 0) is 4.79 Å². The summed E-state index contributed by atoms with van der Waals surface area (Å²) < 4.78 is 13.7. The van der Waals surface area contributed by atoms with Crippen molar-refractivity contribution >= 4 is 11.8 Å². The van der Waals surface area contributed by atoms with Crippen molar-refractivity contribution in [3.05, 3.63) is 35.6 Å². The largest absolute Gasteiger partial charge is 0.339 e. The van der Waals surface area contributed by atoms with Crippen LogP contribution in [-0.4, -0.2) is 47.8 Å². The minimum absolute atomic E-state index is 0.0313. The lowest BCUT2D eigenvalue weighted by molar-refractivity contribution is -0.136. The van der Waals surface area contributed by atoms with Gasteiger partial charge in [0.1, 0.15) is 5.82 Å². The lowest BCUT2D eigenvalue weighted by Gasteiger charge is -2.36. The van der Waals surface area contributed by atoms with E-state index in [2.05, 4.69) is 6.92 Å². The second-order valence-electron chi connectivity index (χ2n) is 6.14. The molecule has 1 aromatic carbocycles. The summed E-state index contributed by atoms with van der Waals surface area (Å²) in [4.78, 5) is 28.2. The number of rotatable bonds is 5. The Bertz CT molecular complexity index is 554. The first kappa shape index (κ1) is 17.4. The fourth-order valence-corrected chi connectivity index (χ4v) is 2.88. The quantitative estimate of drug-likeness (QED) is 0.837. The van der Waals surface area contributed by atoms with Gasteiger partial charge in [0.15, 0.2) is 0 Å². The SMILES string of the molecule is CCCC[C@@H](C)C(=O)N1CCN(C(=O)c2ccccc2F)CC1. The Hall–Kier alpha value is -1.91. The van der Waals surface area contributed by atoms with Gasteiger partial charge in [-0.15, -0.1) is 0 Å². The van der Waals surface area contributed by atoms with Crippen molar-refractivity contribution < 1.29 is 14.0 Å². The highest BCUT2D eigenvalue weighted by molar-refractivity contribution is 5.94. The minimum atomic E-state index is -0.496. The van der Waals surface area contributed by atoms with Crippen LogP contribution in [0.15, 0.2) is 24.3 Å². The summed E-state index contributed by atoms with van der Waals surface area (Å²) in [5.74, 6) is -0.598. The number of hydrogen-bond acceptors (Lipinski definition) is 2. The maximum atomic E-state index is 13.7. The molecule has 0 spiro atoms. The second-order valence-corrected chi connectivity index (χ2v) is 6.14. The molecule has 1 saturated heterocycles. The number of halogens is 1. The van der Waals surface area contributed by atoms with Gasteiger partial charge < -0.3 is 9.80 Å². The molecule has 0 radical (unpaired) electrons. The monoisotopic (exact) mass is 320 g/mol. The van der Waals surface area contributed by atoms with E-state index in [9.17, 15) is 14.0 Å². The van der Waals surface area contributed by atoms with Crippen LogP contribution in [0.3, 0.4) is 0 Å². The third kappa shape index (κ3) is 4.30. The summed E-state index contributed by atoms with van der Waals surface area (Å²) in [7, 11) is 0. The molecule has 0 N–H and O–H groups in total. The Morgan fingerprint density at radius 3 is 2.35 bits per heavy atom. The highest BCUT2D eigenvalue weighted by Crippen LogP contribution is 2.16. The zero-order chi connectivity index (χ0) is 16.8. The topological polar surface area (TPSA) is 40.6 Å². The molecular weight excluding hydrogens is 295 g/mol. The van der Waals surface area contributed by atoms with E-state index in [1.807, 2.05) is 11.8 Å². The van der Waals surface area contributed by atoms with Crippen LogP contribution < -0.4 is 0 Å². The molecule has 5 heteroatoms. The molecular formula is C18H25FN2O2. The van der Waals surface area contributed by atoms with Crippen LogP contribution in [0.1, 0.15) is 43.5 Å². The van der Waals surface area contributed by atoms with Crippen molar-refractivity contribution in [1.82, 2.24) is 9.80 Å². The number of carbonyl (C=O) groups is 2. The third-order valence-electron chi connectivity index (χ3n) is 4.40. The van der Waals surface area contributed by atoms with E-state index in [0.29, 0.717) is 26.2 Å². The van der Waals surface area contributed by atoms with Gasteiger partial charge in [-0.2, -0.15) is 0 Å². The fourth-order valence-electron chi connectivity index (χ4n) is 2.88. The summed E-state index contributed by atoms with van der Waals surface area (Å²) in [6.45, 7) is 6.04. The maximum absolute atomic E-state index is 13.7. The summed E-state index contributed by atoms with van der Waals surface area (Å²) in [6, 6.07) is 6.02. The van der Waals surface area contributed by atoms with Crippen LogP contribution in [0.2, 0.25) is 0 Å². The average molecular weight is 320 g/mol. The predicted octanol–water partition coefficient (Wildman–Crippen LogP) is 2.94. The number of piperazine rings is 1. The molecule has 2 rings (SSSR count). The number of carbonyl (C=O) groups excluding carboxylic acids is 2. The number of nitrogens with zero attached hydrogens (tertiary/aromatic N) is 2. The molecule has 0 aliphatic carbocycles. The molecule has 0 saturated carbocycles. The number of hydrogen-bond donors (Lipinski definition) is 0. The Morgan fingerprint density at radius 1 is 1.13 bits per heavy atom. The van der Waals surface area contributed by atoms with Crippen molar-refractivity contribution in [2.75, 3.05) is 26.2 Å². The third-order valence-corrected chi connectivity index (χ3v) is 4.40. The highest BCUT2D eigenvalue weighted by atomic mass is 19.1. The molecule has 1 fully saturated rings. The van der Waals surface area contributed by atoms with E-state index in [0.717, 1.165) is 19.3 Å². The van der Waals surface area contributed by atoms with Gasteiger partial charge in [-0.25, -0.2) is 4.39 Å². The van der Waals surface area contributed by atoms with Gasteiger partial charge in [0.25, 0.3) is 5.91 Å². The van der Waals surface area contributed by atoms with E-state index in [-0.39, 0.29) is 23.3 Å². The van der Waals surface area contributed by atoms with E-state index < -0.39 is 5.82 Å². The first-order valence-electron chi connectivity index (χ1n) is 8.37. The average Bonchev–Trinajstić information content (AvgIpc) is 2.59. The second kappa shape index (κ2) is 8.09. The van der Waals surface area contributed by atoms with E-state index in [4.69, 9.17) is 0 Å². The Morgan fingerprint density at radius 2 is 1.74 bits per heavy atom. The summed E-state index contributed by atoms with van der Waals surface area (Å²) in [5.41, 5.74) is 0.101. The molecule has 1 aromatic rings. The smallest absolute Gasteiger partial charge is 0.256 e. The van der Waals surface area contributed by atoms with E-state index in [1.54, 1.807) is 17.0 Å². The Balaban J connectivity index is 1.90. The van der Waals surface area contributed by atoms with Crippen molar-refractivity contribution in [1.29, 1.82) is 0 Å². The van der Waals surface area contributed by atoms with Crippen molar-refractivity contribution in [2.45, 2.75) is 33.1 Å². The van der Waals surface area contributed by atoms with Gasteiger partial charge in [0.05, 0.1) is 5.56 Å². The van der Waals surface area contributed by atoms with Crippen LogP contribution in [0.4, 0.5) is 4.39 Å². The van der Waals surface area contributed by atoms with Gasteiger partial charge >= 0.3 is 0 Å². The zero-order valence-electron chi connectivity index (χ0n) is 13.9. The van der Waals surface area contributed by atoms with Crippen LogP contribution in [0.5, 0.6) is 0 Å². The van der Waals surface area contributed by atoms with Crippen molar-refractivity contribution in [2.24, 2.45) is 5.92 Å². The first-order valence-corrected chi connectivity index (χ1v) is 8.37. The molecule has 0 bridgehead atoms. The van der Waals surface area contributed by atoms with Crippen molar-refractivity contribution in [3.8, 4) is 0 Å². The zero-order valence-corrected chi connectivity index (χ0v) is 13.9. The normalized spacial score (nSPS) is 16.3. The molecule has 1 aliphatic heterocycles. The highest BCUT2D eigenvalue weighted by Gasteiger charge is 2.27. The Labute approximate surface area is 137 Å². The van der Waals surface area contributed by atoms with Crippen LogP contribution in [0.25, 0.3) is 0 Å². The standard InChI is InChI=1S/C18H25FN2O2/c1-3-4-7-14(2)17(22)20-10-12-21(13-11-20)18(23)15-8-5-6-9-16(15)19/h5-6,8-9,14H,3-4,7,10-13H2,1-2H3/t14-/m1/s1. The molecule has 1 aliphatic rings. The van der Waals surface area contributed by atoms with E-state index in [1.165, 1.54) is 12.1 Å². The van der Waals surface area contributed by atoms with Crippen LogP contribution >= 0.6 is 0 Å². The minimum Gasteiger partial charge on any atom is -0.339 e. The molecule has 126 valence electrons. The number of amides is 2. The molecule has 0 aromatic heterocycles. The number of unbranched alkanes of at least 4 members (excludes halogenated alkanes) is 1. The van der Waals surface area contributed by atoms with Crippen molar-refractivity contribution in [3.63, 3.8) is 0 Å². The van der Waals surface area contributed by atoms with Gasteiger partial charge in [0.2, 0.25) is 5.91 Å². The van der Waals surface area contributed by atoms with Gasteiger partial charge in [-0.3, -0.25) is 9.59 Å². The maximum Gasteiger partial charge on any atom is 0.256 e. The molecule has 4 nitrogen and oxygen atoms in total. The molecule has 1 heterocycles. The predicted molar refractivity (Wildman–Crippen MR) is 87.6 cm³/mol. The molecule has 0 unspecified atom stereocenters.